The van der Waals surface area contributed by atoms with Crippen molar-refractivity contribution >= 4 is 17.5 Å². The van der Waals surface area contributed by atoms with Gasteiger partial charge in [0.25, 0.3) is 0 Å². The van der Waals surface area contributed by atoms with Crippen LogP contribution in [0.15, 0.2) is 24.4 Å². The minimum absolute atomic E-state index is 0.210. The topological polar surface area (TPSA) is 51.0 Å². The van der Waals surface area contributed by atoms with Gasteiger partial charge in [-0.15, -0.1) is 5.10 Å². The monoisotopic (exact) mass is 344 g/mol. The van der Waals surface area contributed by atoms with Crippen molar-refractivity contribution in [1.29, 1.82) is 0 Å². The molecule has 24 heavy (non-hydrogen) atoms. The first-order valence-electron chi connectivity index (χ1n) is 8.54. The lowest BCUT2D eigenvalue weighted by Crippen LogP contribution is -2.51. The summed E-state index contributed by atoms with van der Waals surface area (Å²) in [5.41, 5.74) is 3.33. The third-order valence-electron chi connectivity index (χ3n) is 4.96. The van der Waals surface area contributed by atoms with Gasteiger partial charge in [0, 0.05) is 36.6 Å². The molecule has 0 N–H and O–H groups in total. The van der Waals surface area contributed by atoms with E-state index in [0.29, 0.717) is 12.3 Å². The predicted octanol–water partition coefficient (Wildman–Crippen LogP) is 3.13. The number of aryl methyl sites for hydroxylation is 2. The number of hydrogen-bond donors (Lipinski definition) is 0. The molecule has 0 radical (unpaired) electrons. The average molecular weight is 345 g/mol. The van der Waals surface area contributed by atoms with Gasteiger partial charge in [0.15, 0.2) is 0 Å². The number of rotatable bonds is 5. The largest absolute Gasteiger partial charge is 0.338 e. The molecule has 0 unspecified atom stereocenters. The number of benzene rings is 1. The fourth-order valence-corrected chi connectivity index (χ4v) is 3.25. The van der Waals surface area contributed by atoms with Crippen LogP contribution >= 0.6 is 11.6 Å². The van der Waals surface area contributed by atoms with Gasteiger partial charge in [0.2, 0.25) is 5.91 Å². The maximum absolute atomic E-state index is 12.3. The van der Waals surface area contributed by atoms with Gasteiger partial charge in [-0.05, 0) is 43.4 Å². The van der Waals surface area contributed by atoms with Crippen LogP contribution in [0.3, 0.4) is 0 Å². The minimum Gasteiger partial charge on any atom is -0.338 e. The van der Waals surface area contributed by atoms with Crippen LogP contribution in [-0.4, -0.2) is 38.9 Å². The molecule has 1 aliphatic heterocycles. The molecule has 6 heteroatoms. The summed E-state index contributed by atoms with van der Waals surface area (Å²) >= 11 is 6.04. The highest BCUT2D eigenvalue weighted by Gasteiger charge is 2.34. The van der Waals surface area contributed by atoms with Crippen LogP contribution in [0.2, 0.25) is 5.02 Å². The minimum atomic E-state index is 0.210. The molecule has 1 aromatic heterocycles. The number of aromatic nitrogens is 3. The van der Waals surface area contributed by atoms with E-state index in [0.717, 1.165) is 41.4 Å². The second-order valence-corrected chi connectivity index (χ2v) is 7.34. The van der Waals surface area contributed by atoms with Gasteiger partial charge in [-0.1, -0.05) is 28.9 Å². The molecular weight excluding hydrogens is 324 g/mol. The van der Waals surface area contributed by atoms with Crippen molar-refractivity contribution in [3.8, 4) is 0 Å². The zero-order valence-corrected chi connectivity index (χ0v) is 14.5. The third kappa shape index (κ3) is 3.18. The lowest BCUT2D eigenvalue weighted by Gasteiger charge is -2.39. The van der Waals surface area contributed by atoms with Crippen LogP contribution < -0.4 is 0 Å². The van der Waals surface area contributed by atoms with Crippen molar-refractivity contribution in [1.82, 2.24) is 19.9 Å². The molecule has 5 nitrogen and oxygen atoms in total. The van der Waals surface area contributed by atoms with Crippen molar-refractivity contribution in [3.05, 3.63) is 46.2 Å². The van der Waals surface area contributed by atoms with Gasteiger partial charge in [0.05, 0.1) is 11.7 Å². The smallest absolute Gasteiger partial charge is 0.223 e. The molecule has 4 rings (SSSR count). The number of nitrogens with zero attached hydrogens (tertiary/aromatic N) is 4. The molecule has 1 aromatic carbocycles. The molecule has 1 saturated carbocycles. The lowest BCUT2D eigenvalue weighted by molar-refractivity contribution is -0.137. The van der Waals surface area contributed by atoms with E-state index in [1.54, 1.807) is 0 Å². The van der Waals surface area contributed by atoms with E-state index >= 15 is 0 Å². The molecule has 0 atom stereocenters. The summed E-state index contributed by atoms with van der Waals surface area (Å²) in [5.74, 6) is 0.834. The predicted molar refractivity (Wildman–Crippen MR) is 92.1 cm³/mol. The zero-order chi connectivity index (χ0) is 16.7. The van der Waals surface area contributed by atoms with E-state index < -0.39 is 0 Å². The molecule has 0 bridgehead atoms. The van der Waals surface area contributed by atoms with E-state index in [1.807, 2.05) is 28.6 Å². The summed E-state index contributed by atoms with van der Waals surface area (Å²) in [4.78, 5) is 14.2. The Labute approximate surface area is 146 Å². The number of likely N-dealkylation sites (tertiary alicyclic amines) is 1. The molecule has 2 aromatic rings. The fraction of sp³-hybridized carbons (Fsp3) is 0.500. The molecule has 126 valence electrons. The van der Waals surface area contributed by atoms with Gasteiger partial charge in [-0.25, -0.2) is 4.68 Å². The first-order valence-corrected chi connectivity index (χ1v) is 8.92. The quantitative estimate of drug-likeness (QED) is 0.837. The first kappa shape index (κ1) is 15.6. The average Bonchev–Trinajstić information content (AvgIpc) is 3.26. The lowest BCUT2D eigenvalue weighted by atomic mass is 10.0. The van der Waals surface area contributed by atoms with Crippen LogP contribution in [0.5, 0.6) is 0 Å². The van der Waals surface area contributed by atoms with Crippen LogP contribution in [0.1, 0.15) is 48.0 Å². The summed E-state index contributed by atoms with van der Waals surface area (Å²) in [5, 5.41) is 9.23. The number of amides is 1. The van der Waals surface area contributed by atoms with Crippen molar-refractivity contribution in [3.63, 3.8) is 0 Å². The first-order chi connectivity index (χ1) is 11.6. The zero-order valence-electron chi connectivity index (χ0n) is 13.8. The second-order valence-electron chi connectivity index (χ2n) is 6.93. The van der Waals surface area contributed by atoms with E-state index in [-0.39, 0.29) is 11.9 Å². The van der Waals surface area contributed by atoms with Crippen LogP contribution in [-0.2, 0) is 11.2 Å². The third-order valence-corrected chi connectivity index (χ3v) is 5.39. The Morgan fingerprint density at radius 3 is 2.83 bits per heavy atom. The van der Waals surface area contributed by atoms with Gasteiger partial charge in [0.1, 0.15) is 0 Å². The van der Waals surface area contributed by atoms with Crippen LogP contribution in [0.25, 0.3) is 0 Å². The summed E-state index contributed by atoms with van der Waals surface area (Å²) in [6, 6.07) is 6.24. The van der Waals surface area contributed by atoms with E-state index in [9.17, 15) is 4.79 Å². The van der Waals surface area contributed by atoms with Gasteiger partial charge in [-0.2, -0.15) is 0 Å². The Bertz CT molecular complexity index is 762. The summed E-state index contributed by atoms with van der Waals surface area (Å²) < 4.78 is 1.93. The summed E-state index contributed by atoms with van der Waals surface area (Å²) in [6.45, 7) is 3.47. The Morgan fingerprint density at radius 1 is 1.33 bits per heavy atom. The van der Waals surface area contributed by atoms with Crippen molar-refractivity contribution < 1.29 is 4.79 Å². The molecule has 1 saturated heterocycles. The Morgan fingerprint density at radius 2 is 2.12 bits per heavy atom. The van der Waals surface area contributed by atoms with E-state index in [1.165, 1.54) is 12.8 Å². The molecule has 2 aliphatic rings. The number of carbonyl (C=O) groups is 1. The Hall–Kier alpha value is -1.88. The van der Waals surface area contributed by atoms with Gasteiger partial charge >= 0.3 is 0 Å². The van der Waals surface area contributed by atoms with Gasteiger partial charge in [-0.3, -0.25) is 4.79 Å². The second kappa shape index (κ2) is 6.20. The normalized spacial score (nSPS) is 17.8. The molecule has 2 heterocycles. The highest BCUT2D eigenvalue weighted by molar-refractivity contribution is 6.31. The fourth-order valence-electron chi connectivity index (χ4n) is 3.13. The molecule has 1 amide bonds. The number of halogens is 1. The molecule has 0 spiro atoms. The maximum Gasteiger partial charge on any atom is 0.223 e. The van der Waals surface area contributed by atoms with Crippen molar-refractivity contribution in [2.45, 2.75) is 44.6 Å². The molecular formula is C18H21ClN4O. The molecule has 2 fully saturated rings. The number of hydrogen-bond acceptors (Lipinski definition) is 3. The van der Waals surface area contributed by atoms with Crippen LogP contribution in [0.4, 0.5) is 0 Å². The summed E-state index contributed by atoms with van der Waals surface area (Å²) in [6.07, 6.45) is 5.82. The molecule has 1 aliphatic carbocycles. The summed E-state index contributed by atoms with van der Waals surface area (Å²) in [7, 11) is 0. The Kier molecular flexibility index (Phi) is 4.04. The maximum atomic E-state index is 12.3. The van der Waals surface area contributed by atoms with Gasteiger partial charge < -0.3 is 4.90 Å². The highest BCUT2D eigenvalue weighted by Crippen LogP contribution is 2.39. The van der Waals surface area contributed by atoms with Crippen LogP contribution in [0, 0.1) is 6.92 Å². The van der Waals surface area contributed by atoms with Crippen molar-refractivity contribution in [2.75, 3.05) is 13.1 Å². The Balaban J connectivity index is 1.26. The highest BCUT2D eigenvalue weighted by atomic mass is 35.5. The number of carbonyl (C=O) groups excluding carboxylic acids is 1. The van der Waals surface area contributed by atoms with E-state index in [2.05, 4.69) is 22.6 Å². The SMILES string of the molecule is Cc1cc(CCC(=O)N2CC(n3cc(C4CC4)nn3)C2)ccc1Cl. The van der Waals surface area contributed by atoms with Crippen molar-refractivity contribution in [2.24, 2.45) is 0 Å². The standard InChI is InChI=1S/C18H21ClN4O/c1-12-8-13(2-6-16(12)19)3-7-18(24)22-9-15(10-22)23-11-17(20-21-23)14-4-5-14/h2,6,8,11,14-15H,3-5,7,9-10H2,1H3. The van der Waals surface area contributed by atoms with E-state index in [4.69, 9.17) is 11.6 Å².